The summed E-state index contributed by atoms with van der Waals surface area (Å²) in [5.41, 5.74) is 9.09. The zero-order valence-corrected chi connectivity index (χ0v) is 10.9. The number of rotatable bonds is 4. The summed E-state index contributed by atoms with van der Waals surface area (Å²) in [4.78, 5) is 0. The Bertz CT molecular complexity index is 534. The predicted octanol–water partition coefficient (Wildman–Crippen LogP) is 3.81. The van der Waals surface area contributed by atoms with E-state index in [1.807, 2.05) is 43.3 Å². The lowest BCUT2D eigenvalue weighted by Gasteiger charge is -2.13. The summed E-state index contributed by atoms with van der Waals surface area (Å²) in [5, 5.41) is 0. The highest BCUT2D eigenvalue weighted by atomic mass is 16.5. The van der Waals surface area contributed by atoms with Crippen LogP contribution >= 0.6 is 0 Å². The minimum atomic E-state index is 0.534. The van der Waals surface area contributed by atoms with E-state index in [9.17, 15) is 0 Å². The number of hydrogen-bond acceptors (Lipinski definition) is 2. The van der Waals surface area contributed by atoms with E-state index in [1.165, 1.54) is 5.56 Å². The fourth-order valence-electron chi connectivity index (χ4n) is 1.90. The fourth-order valence-corrected chi connectivity index (χ4v) is 1.90. The number of nitrogens with two attached hydrogens (primary N) is 1. The van der Waals surface area contributed by atoms with Crippen molar-refractivity contribution >= 4 is 0 Å². The summed E-state index contributed by atoms with van der Waals surface area (Å²) < 4.78 is 6.02. The molecule has 2 aromatic carbocycles. The second-order valence-corrected chi connectivity index (χ2v) is 4.37. The highest BCUT2D eigenvalue weighted by Gasteiger charge is 2.05. The maximum absolute atomic E-state index is 6.02. The summed E-state index contributed by atoms with van der Waals surface area (Å²) in [7, 11) is 0. The maximum atomic E-state index is 6.02. The van der Waals surface area contributed by atoms with Gasteiger partial charge < -0.3 is 10.5 Å². The van der Waals surface area contributed by atoms with Crippen molar-refractivity contribution in [1.82, 2.24) is 0 Å². The standard InChI is InChI=1S/C16H19NO/c1-3-14-6-4-5-7-15(14)18-16-10-13(11-17)9-8-12(16)2/h4-10H,3,11,17H2,1-2H3. The Morgan fingerprint density at radius 2 is 1.83 bits per heavy atom. The van der Waals surface area contributed by atoms with Gasteiger partial charge in [0.1, 0.15) is 11.5 Å². The lowest BCUT2D eigenvalue weighted by Crippen LogP contribution is -1.98. The topological polar surface area (TPSA) is 35.2 Å². The van der Waals surface area contributed by atoms with Gasteiger partial charge in [0.25, 0.3) is 0 Å². The molecule has 18 heavy (non-hydrogen) atoms. The SMILES string of the molecule is CCc1ccccc1Oc1cc(CN)ccc1C. The smallest absolute Gasteiger partial charge is 0.130 e. The molecule has 0 radical (unpaired) electrons. The van der Waals surface area contributed by atoms with Gasteiger partial charge in [-0.2, -0.15) is 0 Å². The minimum Gasteiger partial charge on any atom is -0.457 e. The van der Waals surface area contributed by atoms with Crippen LogP contribution in [0, 0.1) is 6.92 Å². The normalized spacial score (nSPS) is 10.4. The zero-order valence-electron chi connectivity index (χ0n) is 10.9. The minimum absolute atomic E-state index is 0.534. The first-order valence-electron chi connectivity index (χ1n) is 6.30. The number of ether oxygens (including phenoxy) is 1. The Labute approximate surface area is 108 Å². The van der Waals surface area contributed by atoms with Gasteiger partial charge in [0.15, 0.2) is 0 Å². The summed E-state index contributed by atoms with van der Waals surface area (Å²) in [6, 6.07) is 14.2. The molecule has 0 aliphatic carbocycles. The molecule has 0 heterocycles. The van der Waals surface area contributed by atoms with Crippen molar-refractivity contribution in [2.75, 3.05) is 0 Å². The molecule has 0 fully saturated rings. The average Bonchev–Trinajstić information content (AvgIpc) is 2.42. The second-order valence-electron chi connectivity index (χ2n) is 4.37. The van der Waals surface area contributed by atoms with Crippen molar-refractivity contribution < 1.29 is 4.74 Å². The highest BCUT2D eigenvalue weighted by molar-refractivity contribution is 5.42. The van der Waals surface area contributed by atoms with Crippen LogP contribution in [0.15, 0.2) is 42.5 Å². The Kier molecular flexibility index (Phi) is 4.00. The Balaban J connectivity index is 2.33. The number of benzene rings is 2. The van der Waals surface area contributed by atoms with Crippen LogP contribution in [0.3, 0.4) is 0 Å². The Morgan fingerprint density at radius 1 is 1.06 bits per heavy atom. The molecular formula is C16H19NO. The monoisotopic (exact) mass is 241 g/mol. The van der Waals surface area contributed by atoms with Gasteiger partial charge in [0.2, 0.25) is 0 Å². The molecule has 2 heteroatoms. The lowest BCUT2D eigenvalue weighted by molar-refractivity contribution is 0.472. The summed E-state index contributed by atoms with van der Waals surface area (Å²) in [5.74, 6) is 1.82. The third-order valence-corrected chi connectivity index (χ3v) is 3.06. The van der Waals surface area contributed by atoms with Crippen molar-refractivity contribution in [2.24, 2.45) is 5.73 Å². The van der Waals surface area contributed by atoms with E-state index in [0.29, 0.717) is 6.54 Å². The van der Waals surface area contributed by atoms with Crippen LogP contribution in [-0.4, -0.2) is 0 Å². The fraction of sp³-hybridized carbons (Fsp3) is 0.250. The van der Waals surface area contributed by atoms with Crippen molar-refractivity contribution in [2.45, 2.75) is 26.8 Å². The van der Waals surface area contributed by atoms with Crippen LogP contribution < -0.4 is 10.5 Å². The molecular weight excluding hydrogens is 222 g/mol. The van der Waals surface area contributed by atoms with Gasteiger partial charge >= 0.3 is 0 Å². The number of aryl methyl sites for hydroxylation is 2. The third kappa shape index (κ3) is 2.71. The van der Waals surface area contributed by atoms with Crippen LogP contribution in [0.5, 0.6) is 11.5 Å². The van der Waals surface area contributed by atoms with E-state index < -0.39 is 0 Å². The largest absolute Gasteiger partial charge is 0.457 e. The zero-order chi connectivity index (χ0) is 13.0. The molecule has 0 aromatic heterocycles. The Morgan fingerprint density at radius 3 is 2.56 bits per heavy atom. The molecule has 0 unspecified atom stereocenters. The van der Waals surface area contributed by atoms with Crippen LogP contribution in [-0.2, 0) is 13.0 Å². The lowest BCUT2D eigenvalue weighted by atomic mass is 10.1. The summed E-state index contributed by atoms with van der Waals surface area (Å²) >= 11 is 0. The van der Waals surface area contributed by atoms with E-state index in [2.05, 4.69) is 13.0 Å². The summed E-state index contributed by atoms with van der Waals surface area (Å²) in [6.45, 7) is 4.71. The first kappa shape index (κ1) is 12.7. The van der Waals surface area contributed by atoms with Crippen molar-refractivity contribution in [3.63, 3.8) is 0 Å². The van der Waals surface area contributed by atoms with Gasteiger partial charge in [-0.15, -0.1) is 0 Å². The van der Waals surface area contributed by atoms with Crippen LogP contribution in [0.2, 0.25) is 0 Å². The molecule has 0 amide bonds. The van der Waals surface area contributed by atoms with Gasteiger partial charge in [0.05, 0.1) is 0 Å². The molecule has 2 rings (SSSR count). The predicted molar refractivity (Wildman–Crippen MR) is 75.0 cm³/mol. The molecule has 94 valence electrons. The van der Waals surface area contributed by atoms with Crippen LogP contribution in [0.4, 0.5) is 0 Å². The van der Waals surface area contributed by atoms with Crippen LogP contribution in [0.25, 0.3) is 0 Å². The van der Waals surface area contributed by atoms with Gasteiger partial charge in [-0.25, -0.2) is 0 Å². The van der Waals surface area contributed by atoms with Crippen molar-refractivity contribution in [3.05, 3.63) is 59.2 Å². The molecule has 2 aromatic rings. The molecule has 0 saturated carbocycles. The molecule has 0 saturated heterocycles. The van der Waals surface area contributed by atoms with Gasteiger partial charge in [-0.1, -0.05) is 37.3 Å². The van der Waals surface area contributed by atoms with E-state index in [4.69, 9.17) is 10.5 Å². The Hall–Kier alpha value is -1.80. The summed E-state index contributed by atoms with van der Waals surface area (Å²) in [6.07, 6.45) is 0.964. The molecule has 0 bridgehead atoms. The van der Waals surface area contributed by atoms with Crippen molar-refractivity contribution in [1.29, 1.82) is 0 Å². The van der Waals surface area contributed by atoms with Gasteiger partial charge in [-0.05, 0) is 42.2 Å². The number of para-hydroxylation sites is 1. The maximum Gasteiger partial charge on any atom is 0.130 e. The van der Waals surface area contributed by atoms with E-state index in [1.54, 1.807) is 0 Å². The first-order chi connectivity index (χ1) is 8.74. The molecule has 2 N–H and O–H groups in total. The molecule has 0 atom stereocenters. The molecule has 0 spiro atoms. The van der Waals surface area contributed by atoms with Crippen LogP contribution in [0.1, 0.15) is 23.6 Å². The average molecular weight is 241 g/mol. The molecule has 0 aliphatic rings. The molecule has 0 aliphatic heterocycles. The van der Waals surface area contributed by atoms with Gasteiger partial charge in [-0.3, -0.25) is 0 Å². The van der Waals surface area contributed by atoms with Crippen molar-refractivity contribution in [3.8, 4) is 11.5 Å². The van der Waals surface area contributed by atoms with Gasteiger partial charge in [0, 0.05) is 6.54 Å². The third-order valence-electron chi connectivity index (χ3n) is 3.06. The van der Waals surface area contributed by atoms with E-state index in [-0.39, 0.29) is 0 Å². The second kappa shape index (κ2) is 5.69. The quantitative estimate of drug-likeness (QED) is 0.883. The highest BCUT2D eigenvalue weighted by Crippen LogP contribution is 2.28. The molecule has 2 nitrogen and oxygen atoms in total. The first-order valence-corrected chi connectivity index (χ1v) is 6.30. The van der Waals surface area contributed by atoms with E-state index >= 15 is 0 Å². The van der Waals surface area contributed by atoms with E-state index in [0.717, 1.165) is 29.0 Å². The number of hydrogen-bond donors (Lipinski definition) is 1.